The highest BCUT2D eigenvalue weighted by Crippen LogP contribution is 2.26. The van der Waals surface area contributed by atoms with Crippen molar-refractivity contribution >= 4 is 46.2 Å². The number of carbonyl (C=O) groups excluding carboxylic acids is 2. The lowest BCUT2D eigenvalue weighted by atomic mass is 10.1. The monoisotopic (exact) mass is 396 g/mol. The molecule has 1 aliphatic heterocycles. The number of hydrazine groups is 1. The van der Waals surface area contributed by atoms with Crippen LogP contribution >= 0.6 is 11.6 Å². The fourth-order valence-electron chi connectivity index (χ4n) is 3.24. The summed E-state index contributed by atoms with van der Waals surface area (Å²) in [6, 6.07) is 10.5. The lowest BCUT2D eigenvalue weighted by Crippen LogP contribution is -2.35. The molecule has 1 aliphatic rings. The first-order valence-corrected chi connectivity index (χ1v) is 8.94. The number of amides is 2. The molecular weight excluding hydrogens is 380 g/mol. The van der Waals surface area contributed by atoms with Gasteiger partial charge in [-0.3, -0.25) is 24.1 Å². The number of fused-ring (bicyclic) bond motifs is 1. The van der Waals surface area contributed by atoms with Crippen molar-refractivity contribution < 1.29 is 9.59 Å². The van der Waals surface area contributed by atoms with Crippen LogP contribution in [-0.2, 0) is 23.7 Å². The summed E-state index contributed by atoms with van der Waals surface area (Å²) < 4.78 is 3.07. The topological polar surface area (TPSA) is 76.3 Å². The molecule has 4 rings (SSSR count). The van der Waals surface area contributed by atoms with Gasteiger partial charge in [-0.05, 0) is 48.4 Å². The lowest BCUT2D eigenvalue weighted by Gasteiger charge is -2.15. The molecule has 8 heteroatoms. The van der Waals surface area contributed by atoms with Crippen LogP contribution < -0.4 is 16.1 Å². The van der Waals surface area contributed by atoms with E-state index in [1.807, 2.05) is 6.92 Å². The van der Waals surface area contributed by atoms with Gasteiger partial charge in [-0.15, -0.1) is 0 Å². The highest BCUT2D eigenvalue weighted by atomic mass is 35.5. The Hall–Kier alpha value is -3.32. The molecule has 1 saturated heterocycles. The molecule has 1 aromatic heterocycles. The molecule has 0 aliphatic carbocycles. The number of benzene rings is 2. The number of imidazole rings is 1. The van der Waals surface area contributed by atoms with E-state index in [0.717, 1.165) is 16.6 Å². The van der Waals surface area contributed by atoms with Crippen LogP contribution in [0, 0.1) is 6.92 Å². The standard InChI is InChI=1S/C20H17ClN4O3/c1-11-4-6-13(10-15(11)21)25-19(27)14(18(26)22-25)8-12-5-7-16-17(9-12)24(3)20(28)23(16)2/h4-10H,1-3H3,(H,22,26)/b14-8-. The molecule has 0 radical (unpaired) electrons. The van der Waals surface area contributed by atoms with Gasteiger partial charge >= 0.3 is 5.69 Å². The Balaban J connectivity index is 1.73. The molecule has 0 bridgehead atoms. The predicted octanol–water partition coefficient (Wildman–Crippen LogP) is 2.30. The Morgan fingerprint density at radius 1 is 0.964 bits per heavy atom. The summed E-state index contributed by atoms with van der Waals surface area (Å²) in [6.07, 6.45) is 1.52. The van der Waals surface area contributed by atoms with E-state index in [0.29, 0.717) is 16.3 Å². The highest BCUT2D eigenvalue weighted by molar-refractivity contribution is 6.33. The number of hydrogen-bond donors (Lipinski definition) is 1. The van der Waals surface area contributed by atoms with Crippen molar-refractivity contribution in [2.45, 2.75) is 6.92 Å². The summed E-state index contributed by atoms with van der Waals surface area (Å²) >= 11 is 6.13. The maximum atomic E-state index is 12.8. The number of rotatable bonds is 2. The minimum Gasteiger partial charge on any atom is -0.295 e. The maximum Gasteiger partial charge on any atom is 0.328 e. The Labute approximate surface area is 165 Å². The molecule has 0 spiro atoms. The predicted molar refractivity (Wildman–Crippen MR) is 108 cm³/mol. The first-order chi connectivity index (χ1) is 13.3. The Morgan fingerprint density at radius 2 is 1.68 bits per heavy atom. The van der Waals surface area contributed by atoms with Gasteiger partial charge < -0.3 is 0 Å². The summed E-state index contributed by atoms with van der Waals surface area (Å²) in [4.78, 5) is 37.2. The number of anilines is 1. The average Bonchev–Trinajstić information content (AvgIpc) is 3.07. The van der Waals surface area contributed by atoms with Crippen LogP contribution in [0.3, 0.4) is 0 Å². The first-order valence-electron chi connectivity index (χ1n) is 8.56. The van der Waals surface area contributed by atoms with Crippen molar-refractivity contribution in [2.24, 2.45) is 14.1 Å². The van der Waals surface area contributed by atoms with Gasteiger partial charge in [0.15, 0.2) is 0 Å². The molecule has 0 saturated carbocycles. The number of aryl methyl sites for hydroxylation is 3. The molecule has 142 valence electrons. The van der Waals surface area contributed by atoms with Crippen molar-refractivity contribution in [3.05, 3.63) is 68.6 Å². The summed E-state index contributed by atoms with van der Waals surface area (Å²) in [5.74, 6) is -0.962. The second-order valence-corrected chi connectivity index (χ2v) is 7.13. The quantitative estimate of drug-likeness (QED) is 0.533. The van der Waals surface area contributed by atoms with Gasteiger partial charge in [0.1, 0.15) is 5.57 Å². The molecule has 28 heavy (non-hydrogen) atoms. The van der Waals surface area contributed by atoms with Crippen molar-refractivity contribution in [3.63, 3.8) is 0 Å². The van der Waals surface area contributed by atoms with Gasteiger partial charge in [0.05, 0.1) is 16.7 Å². The minimum absolute atomic E-state index is 0.0111. The highest BCUT2D eigenvalue weighted by Gasteiger charge is 2.34. The van der Waals surface area contributed by atoms with Gasteiger partial charge in [-0.1, -0.05) is 23.7 Å². The molecule has 0 atom stereocenters. The summed E-state index contributed by atoms with van der Waals surface area (Å²) in [5, 5.41) is 1.68. The number of carbonyl (C=O) groups is 2. The SMILES string of the molecule is Cc1ccc(N2NC(=O)/C(=C/c3ccc4c(c3)n(C)c(=O)n4C)C2=O)cc1Cl. The van der Waals surface area contributed by atoms with Crippen molar-refractivity contribution in [1.29, 1.82) is 0 Å². The second kappa shape index (κ2) is 6.38. The molecule has 2 amide bonds. The van der Waals surface area contributed by atoms with Crippen molar-refractivity contribution in [2.75, 3.05) is 5.01 Å². The zero-order chi connectivity index (χ0) is 20.2. The first kappa shape index (κ1) is 18.1. The number of halogens is 1. The van der Waals surface area contributed by atoms with E-state index in [4.69, 9.17) is 11.6 Å². The second-order valence-electron chi connectivity index (χ2n) is 6.72. The molecule has 3 aromatic rings. The molecule has 0 unspecified atom stereocenters. The van der Waals surface area contributed by atoms with Gasteiger partial charge in [0.2, 0.25) is 0 Å². The van der Waals surface area contributed by atoms with E-state index in [2.05, 4.69) is 5.43 Å². The molecule has 2 aromatic carbocycles. The smallest absolute Gasteiger partial charge is 0.295 e. The van der Waals surface area contributed by atoms with Crippen LogP contribution in [0.25, 0.3) is 17.1 Å². The van der Waals surface area contributed by atoms with Gasteiger partial charge in [0.25, 0.3) is 11.8 Å². The molecule has 7 nitrogen and oxygen atoms in total. The van der Waals surface area contributed by atoms with Gasteiger partial charge in [0, 0.05) is 19.1 Å². The normalized spacial score (nSPS) is 15.7. The summed E-state index contributed by atoms with van der Waals surface area (Å²) in [5.41, 5.74) is 5.92. The van der Waals surface area contributed by atoms with Crippen molar-refractivity contribution in [1.82, 2.24) is 14.6 Å². The zero-order valence-electron chi connectivity index (χ0n) is 15.5. The number of nitrogens with zero attached hydrogens (tertiary/aromatic N) is 3. The molecular formula is C20H17ClN4O3. The Kier molecular flexibility index (Phi) is 4.12. The molecule has 1 N–H and O–H groups in total. The Bertz CT molecular complexity index is 1250. The molecule has 1 fully saturated rings. The lowest BCUT2D eigenvalue weighted by molar-refractivity contribution is -0.117. The van der Waals surface area contributed by atoms with Crippen LogP contribution in [0.4, 0.5) is 5.69 Å². The summed E-state index contributed by atoms with van der Waals surface area (Å²) in [7, 11) is 3.37. The van der Waals surface area contributed by atoms with Crippen LogP contribution in [0.5, 0.6) is 0 Å². The van der Waals surface area contributed by atoms with E-state index in [1.54, 1.807) is 55.1 Å². The third kappa shape index (κ3) is 2.71. The largest absolute Gasteiger partial charge is 0.328 e. The van der Waals surface area contributed by atoms with E-state index in [-0.39, 0.29) is 11.3 Å². The Morgan fingerprint density at radius 3 is 2.39 bits per heavy atom. The van der Waals surface area contributed by atoms with Crippen LogP contribution in [-0.4, -0.2) is 20.9 Å². The average molecular weight is 397 g/mol. The van der Waals surface area contributed by atoms with Crippen molar-refractivity contribution in [3.8, 4) is 0 Å². The van der Waals surface area contributed by atoms with Crippen LogP contribution in [0.2, 0.25) is 5.02 Å². The van der Waals surface area contributed by atoms with Crippen LogP contribution in [0.1, 0.15) is 11.1 Å². The number of aromatic nitrogens is 2. The third-order valence-corrected chi connectivity index (χ3v) is 5.32. The fourth-order valence-corrected chi connectivity index (χ4v) is 3.42. The fraction of sp³-hybridized carbons (Fsp3) is 0.150. The summed E-state index contributed by atoms with van der Waals surface area (Å²) in [6.45, 7) is 1.86. The number of nitrogens with one attached hydrogen (secondary N) is 1. The van der Waals surface area contributed by atoms with Gasteiger partial charge in [-0.2, -0.15) is 0 Å². The van der Waals surface area contributed by atoms with Gasteiger partial charge in [-0.25, -0.2) is 9.80 Å². The maximum absolute atomic E-state index is 12.8. The third-order valence-electron chi connectivity index (χ3n) is 4.91. The molecule has 2 heterocycles. The van der Waals surface area contributed by atoms with E-state index < -0.39 is 11.8 Å². The van der Waals surface area contributed by atoms with E-state index in [9.17, 15) is 14.4 Å². The van der Waals surface area contributed by atoms with Crippen LogP contribution in [0.15, 0.2) is 46.8 Å². The van der Waals surface area contributed by atoms with E-state index >= 15 is 0 Å². The van der Waals surface area contributed by atoms with E-state index in [1.165, 1.54) is 15.7 Å². The number of hydrogen-bond acceptors (Lipinski definition) is 3. The minimum atomic E-state index is -0.497. The zero-order valence-corrected chi connectivity index (χ0v) is 16.2.